The van der Waals surface area contributed by atoms with Gasteiger partial charge < -0.3 is 23.8 Å². The molecule has 0 radical (unpaired) electrons. The Kier molecular flexibility index (Phi) is 9.08. The highest BCUT2D eigenvalue weighted by atomic mass is 35.5. The molecule has 8 heteroatoms. The lowest BCUT2D eigenvalue weighted by Gasteiger charge is -2.26. The van der Waals surface area contributed by atoms with Crippen molar-refractivity contribution in [2.45, 2.75) is 0 Å². The number of hydrogen-bond donors (Lipinski definition) is 0. The molecule has 0 N–H and O–H groups in total. The zero-order valence-electron chi connectivity index (χ0n) is 15.2. The molecule has 0 spiro atoms. The molecule has 0 heterocycles. The van der Waals surface area contributed by atoms with E-state index in [0.29, 0.717) is 16.5 Å². The number of methoxy groups -OCH3 is 4. The zero-order chi connectivity index (χ0) is 19.5. The van der Waals surface area contributed by atoms with Gasteiger partial charge in [-0.25, -0.2) is 9.59 Å². The van der Waals surface area contributed by atoms with Gasteiger partial charge in [0, 0.05) is 10.7 Å². The second kappa shape index (κ2) is 11.0. The van der Waals surface area contributed by atoms with Crippen LogP contribution in [0.3, 0.4) is 0 Å². The molecule has 0 unspecified atom stereocenters. The summed E-state index contributed by atoms with van der Waals surface area (Å²) in [6.07, 6.45) is 2.50. The molecule has 1 rings (SSSR count). The number of carbonyl (C=O) groups excluding carboxylic acids is 2. The van der Waals surface area contributed by atoms with Crippen LogP contribution in [0.25, 0.3) is 0 Å². The first-order valence-electron chi connectivity index (χ1n) is 7.59. The van der Waals surface area contributed by atoms with Gasteiger partial charge in [0.2, 0.25) is 0 Å². The first kappa shape index (κ1) is 21.4. The molecule has 0 atom stereocenters. The molecule has 0 amide bonds. The molecule has 26 heavy (non-hydrogen) atoms. The van der Waals surface area contributed by atoms with Crippen molar-refractivity contribution in [3.05, 3.63) is 53.0 Å². The molecule has 0 aliphatic carbocycles. The Labute approximate surface area is 157 Å². The largest absolute Gasteiger partial charge is 0.499 e. The summed E-state index contributed by atoms with van der Waals surface area (Å²) < 4.78 is 19.8. The van der Waals surface area contributed by atoms with Crippen LogP contribution in [0.4, 0.5) is 5.69 Å². The zero-order valence-corrected chi connectivity index (χ0v) is 15.9. The number of benzene rings is 1. The van der Waals surface area contributed by atoms with Crippen LogP contribution in [-0.4, -0.2) is 53.5 Å². The van der Waals surface area contributed by atoms with E-state index in [-0.39, 0.29) is 13.1 Å². The fourth-order valence-corrected chi connectivity index (χ4v) is 2.11. The van der Waals surface area contributed by atoms with Crippen molar-refractivity contribution in [2.24, 2.45) is 0 Å². The molecule has 142 valence electrons. The van der Waals surface area contributed by atoms with Gasteiger partial charge in [-0.2, -0.15) is 0 Å². The smallest absolute Gasteiger partial charge is 0.333 e. The van der Waals surface area contributed by atoms with Gasteiger partial charge in [-0.15, -0.1) is 0 Å². The van der Waals surface area contributed by atoms with E-state index in [0.717, 1.165) is 5.69 Å². The second-order valence-corrected chi connectivity index (χ2v) is 5.44. The van der Waals surface area contributed by atoms with Crippen LogP contribution in [0, 0.1) is 0 Å². The summed E-state index contributed by atoms with van der Waals surface area (Å²) in [6, 6.07) is 7.08. The lowest BCUT2D eigenvalue weighted by atomic mass is 10.2. The molecule has 0 saturated carbocycles. The first-order chi connectivity index (χ1) is 12.4. The number of anilines is 1. The summed E-state index contributed by atoms with van der Waals surface area (Å²) in [6.45, 7) is 0.463. The lowest BCUT2D eigenvalue weighted by molar-refractivity contribution is -0.135. The van der Waals surface area contributed by atoms with Gasteiger partial charge in [-0.05, 0) is 24.3 Å². The highest BCUT2D eigenvalue weighted by Crippen LogP contribution is 2.21. The van der Waals surface area contributed by atoms with E-state index in [4.69, 9.17) is 21.1 Å². The van der Waals surface area contributed by atoms with E-state index in [1.165, 1.54) is 40.6 Å². The van der Waals surface area contributed by atoms with Crippen LogP contribution in [0.2, 0.25) is 5.02 Å². The molecule has 1 aromatic rings. The molecule has 0 saturated heterocycles. The number of carbonyl (C=O) groups is 2. The molecule has 0 fully saturated rings. The van der Waals surface area contributed by atoms with Crippen LogP contribution >= 0.6 is 11.6 Å². The van der Waals surface area contributed by atoms with Gasteiger partial charge in [-0.1, -0.05) is 11.6 Å². The quantitative estimate of drug-likeness (QED) is 0.368. The molecule has 0 aliphatic heterocycles. The highest BCUT2D eigenvalue weighted by molar-refractivity contribution is 6.30. The predicted molar refractivity (Wildman–Crippen MR) is 97.9 cm³/mol. The minimum atomic E-state index is -0.532. The minimum Gasteiger partial charge on any atom is -0.499 e. The van der Waals surface area contributed by atoms with Gasteiger partial charge in [0.25, 0.3) is 0 Å². The van der Waals surface area contributed by atoms with E-state index >= 15 is 0 Å². The molecular weight excluding hydrogens is 362 g/mol. The maximum absolute atomic E-state index is 11.5. The Balaban J connectivity index is 3.15. The maximum Gasteiger partial charge on any atom is 0.333 e. The van der Waals surface area contributed by atoms with E-state index in [1.54, 1.807) is 24.3 Å². The third kappa shape index (κ3) is 7.06. The third-order valence-corrected chi connectivity index (χ3v) is 3.62. The van der Waals surface area contributed by atoms with Gasteiger partial charge in [-0.3, -0.25) is 0 Å². The van der Waals surface area contributed by atoms with E-state index in [2.05, 4.69) is 9.47 Å². The number of esters is 2. The van der Waals surface area contributed by atoms with Crippen molar-refractivity contribution < 1.29 is 28.5 Å². The second-order valence-electron chi connectivity index (χ2n) is 5.01. The van der Waals surface area contributed by atoms with Crippen molar-refractivity contribution in [3.8, 4) is 0 Å². The van der Waals surface area contributed by atoms with Crippen molar-refractivity contribution in [1.29, 1.82) is 0 Å². The van der Waals surface area contributed by atoms with Crippen molar-refractivity contribution in [2.75, 3.05) is 46.4 Å². The normalized spacial score (nSPS) is 11.6. The fraction of sp³-hybridized carbons (Fsp3) is 0.333. The third-order valence-electron chi connectivity index (χ3n) is 3.37. The van der Waals surface area contributed by atoms with Gasteiger partial charge in [0.05, 0.1) is 53.7 Å². The molecule has 0 bridgehead atoms. The van der Waals surface area contributed by atoms with Crippen LogP contribution < -0.4 is 4.90 Å². The Hall–Kier alpha value is -2.67. The molecule has 0 aromatic heterocycles. The summed E-state index contributed by atoms with van der Waals surface area (Å²) in [5.41, 5.74) is 0.787. The summed E-state index contributed by atoms with van der Waals surface area (Å²) in [5, 5.41) is 0.586. The molecule has 7 nitrogen and oxygen atoms in total. The number of halogens is 1. The first-order valence-corrected chi connectivity index (χ1v) is 7.96. The topological polar surface area (TPSA) is 74.3 Å². The van der Waals surface area contributed by atoms with Gasteiger partial charge in [0.15, 0.2) is 0 Å². The number of hydrogen-bond acceptors (Lipinski definition) is 7. The minimum absolute atomic E-state index is 0.231. The van der Waals surface area contributed by atoms with Crippen molar-refractivity contribution in [1.82, 2.24) is 0 Å². The summed E-state index contributed by atoms with van der Waals surface area (Å²) in [5.74, 6) is -0.314. The predicted octanol–water partition coefficient (Wildman–Crippen LogP) is 2.55. The van der Waals surface area contributed by atoms with E-state index < -0.39 is 11.9 Å². The lowest BCUT2D eigenvalue weighted by Crippen LogP contribution is -2.29. The summed E-state index contributed by atoms with van der Waals surface area (Å²) in [7, 11) is 5.48. The Morgan fingerprint density at radius 3 is 1.62 bits per heavy atom. The Morgan fingerprint density at radius 2 is 1.27 bits per heavy atom. The summed E-state index contributed by atoms with van der Waals surface area (Å²) in [4.78, 5) is 24.8. The standard InChI is InChI=1S/C18H22ClNO6/c1-23-15(9-17(21)25-3)11-20(14-7-5-13(19)6-8-14)12-16(24-2)10-18(22)26-4/h5-10H,11-12H2,1-4H3/b15-9-,16-10-. The molecule has 1 aromatic carbocycles. The van der Waals surface area contributed by atoms with Gasteiger partial charge in [0.1, 0.15) is 11.5 Å². The van der Waals surface area contributed by atoms with E-state index in [9.17, 15) is 9.59 Å². The number of ether oxygens (including phenoxy) is 4. The molecule has 0 aliphatic rings. The number of nitrogens with zero attached hydrogens (tertiary/aromatic N) is 1. The summed E-state index contributed by atoms with van der Waals surface area (Å²) >= 11 is 5.94. The number of rotatable bonds is 9. The molecular formula is C18H22ClNO6. The van der Waals surface area contributed by atoms with Gasteiger partial charge >= 0.3 is 11.9 Å². The SMILES string of the molecule is COC(=O)/C=C(/CN(C/C(=C/C(=O)OC)OC)c1ccc(Cl)cc1)OC. The average molecular weight is 384 g/mol. The maximum atomic E-state index is 11.5. The highest BCUT2D eigenvalue weighted by Gasteiger charge is 2.15. The average Bonchev–Trinajstić information content (AvgIpc) is 2.66. The van der Waals surface area contributed by atoms with E-state index in [1.807, 2.05) is 4.90 Å². The Morgan fingerprint density at radius 1 is 0.846 bits per heavy atom. The van der Waals surface area contributed by atoms with Crippen LogP contribution in [0.1, 0.15) is 0 Å². The van der Waals surface area contributed by atoms with Crippen molar-refractivity contribution in [3.63, 3.8) is 0 Å². The van der Waals surface area contributed by atoms with Crippen LogP contribution in [0.5, 0.6) is 0 Å². The fourth-order valence-electron chi connectivity index (χ4n) is 1.99. The van der Waals surface area contributed by atoms with Crippen molar-refractivity contribution >= 4 is 29.2 Å². The van der Waals surface area contributed by atoms with Crippen LogP contribution in [-0.2, 0) is 28.5 Å². The Bertz CT molecular complexity index is 633. The van der Waals surface area contributed by atoms with Crippen LogP contribution in [0.15, 0.2) is 47.9 Å². The monoisotopic (exact) mass is 383 g/mol.